The second-order valence-electron chi connectivity index (χ2n) is 5.51. The Bertz CT molecular complexity index is 785. The smallest absolute Gasteiger partial charge is 0.342 e. The zero-order valence-electron chi connectivity index (χ0n) is 14.7. The molecule has 1 amide bonds. The van der Waals surface area contributed by atoms with Crippen molar-refractivity contribution in [3.8, 4) is 11.5 Å². The van der Waals surface area contributed by atoms with Gasteiger partial charge in [0, 0.05) is 11.8 Å². The van der Waals surface area contributed by atoms with Crippen LogP contribution in [0.3, 0.4) is 0 Å². The molecule has 0 aromatic heterocycles. The highest BCUT2D eigenvalue weighted by Gasteiger charge is 2.16. The number of ether oxygens (including phenoxy) is 3. The molecule has 0 aliphatic carbocycles. The van der Waals surface area contributed by atoms with E-state index in [2.05, 4.69) is 5.32 Å². The Morgan fingerprint density at radius 3 is 2.40 bits per heavy atom. The number of hydrogen-bond donors (Lipinski definition) is 1. The molecule has 0 atom stereocenters. The maximum atomic E-state index is 12.2. The van der Waals surface area contributed by atoms with Crippen LogP contribution in [0.4, 0.5) is 5.69 Å². The summed E-state index contributed by atoms with van der Waals surface area (Å²) in [4.78, 5) is 24.2. The molecular formula is C19H21NO5. The summed E-state index contributed by atoms with van der Waals surface area (Å²) >= 11 is 0. The maximum absolute atomic E-state index is 12.2. The first-order chi connectivity index (χ1) is 11.9. The van der Waals surface area contributed by atoms with E-state index in [-0.39, 0.29) is 12.2 Å². The second-order valence-corrected chi connectivity index (χ2v) is 5.51. The fraction of sp³-hybridized carbons (Fsp3) is 0.263. The van der Waals surface area contributed by atoms with Crippen LogP contribution in [-0.4, -0.2) is 32.7 Å². The molecule has 132 valence electrons. The Morgan fingerprint density at radius 1 is 1.00 bits per heavy atom. The summed E-state index contributed by atoms with van der Waals surface area (Å²) in [5, 5.41) is 2.72. The molecule has 0 spiro atoms. The number of rotatable bonds is 6. The third-order valence-electron chi connectivity index (χ3n) is 3.62. The van der Waals surface area contributed by atoms with E-state index in [1.54, 1.807) is 12.1 Å². The summed E-state index contributed by atoms with van der Waals surface area (Å²) in [6, 6.07) is 10.4. The lowest BCUT2D eigenvalue weighted by molar-refractivity contribution is -0.119. The van der Waals surface area contributed by atoms with E-state index in [1.165, 1.54) is 20.3 Å². The number of esters is 1. The first-order valence-corrected chi connectivity index (χ1v) is 7.71. The molecule has 0 bridgehead atoms. The summed E-state index contributed by atoms with van der Waals surface area (Å²) in [5.41, 5.74) is 2.96. The summed E-state index contributed by atoms with van der Waals surface area (Å²) in [6.07, 6.45) is 0. The molecular weight excluding hydrogens is 322 g/mol. The highest BCUT2D eigenvalue weighted by molar-refractivity contribution is 5.97. The zero-order valence-corrected chi connectivity index (χ0v) is 14.7. The van der Waals surface area contributed by atoms with Crippen molar-refractivity contribution in [1.29, 1.82) is 0 Å². The lowest BCUT2D eigenvalue weighted by Gasteiger charge is -2.11. The first kappa shape index (κ1) is 18.3. The van der Waals surface area contributed by atoms with Gasteiger partial charge in [-0.1, -0.05) is 17.7 Å². The van der Waals surface area contributed by atoms with Crippen molar-refractivity contribution >= 4 is 17.6 Å². The predicted molar refractivity (Wildman–Crippen MR) is 94.4 cm³/mol. The minimum atomic E-state index is -0.643. The van der Waals surface area contributed by atoms with Gasteiger partial charge in [0.2, 0.25) is 0 Å². The topological polar surface area (TPSA) is 73.9 Å². The second kappa shape index (κ2) is 8.19. The summed E-state index contributed by atoms with van der Waals surface area (Å²) in [5.74, 6) is -0.178. The standard InChI is InChI=1S/C19H21NO5/c1-12-5-8-16(13(2)9-12)20-18(21)11-25-19(22)15-7-6-14(23-3)10-17(15)24-4/h5-10H,11H2,1-4H3,(H,20,21). The van der Waals surface area contributed by atoms with E-state index < -0.39 is 11.9 Å². The number of benzene rings is 2. The van der Waals surface area contributed by atoms with Crippen LogP contribution in [0.15, 0.2) is 36.4 Å². The van der Waals surface area contributed by atoms with Gasteiger partial charge in [-0.2, -0.15) is 0 Å². The third kappa shape index (κ3) is 4.73. The van der Waals surface area contributed by atoms with Crippen LogP contribution in [0, 0.1) is 13.8 Å². The number of hydrogen-bond acceptors (Lipinski definition) is 5. The van der Waals surface area contributed by atoms with Gasteiger partial charge in [-0.05, 0) is 37.6 Å². The van der Waals surface area contributed by atoms with Crippen molar-refractivity contribution in [3.63, 3.8) is 0 Å². The Kier molecular flexibility index (Phi) is 6.00. The van der Waals surface area contributed by atoms with Crippen molar-refractivity contribution in [2.75, 3.05) is 26.1 Å². The molecule has 25 heavy (non-hydrogen) atoms. The average Bonchev–Trinajstić information content (AvgIpc) is 2.61. The quantitative estimate of drug-likeness (QED) is 0.816. The molecule has 2 aromatic carbocycles. The fourth-order valence-electron chi connectivity index (χ4n) is 2.32. The zero-order chi connectivity index (χ0) is 18.4. The molecule has 0 unspecified atom stereocenters. The van der Waals surface area contributed by atoms with Crippen LogP contribution >= 0.6 is 0 Å². The number of carbonyl (C=O) groups is 2. The lowest BCUT2D eigenvalue weighted by atomic mass is 10.1. The fourth-order valence-corrected chi connectivity index (χ4v) is 2.32. The van der Waals surface area contributed by atoms with Crippen LogP contribution < -0.4 is 14.8 Å². The van der Waals surface area contributed by atoms with Crippen molar-refractivity contribution in [2.45, 2.75) is 13.8 Å². The minimum absolute atomic E-state index is 0.225. The number of carbonyl (C=O) groups excluding carboxylic acids is 2. The molecule has 6 nitrogen and oxygen atoms in total. The molecule has 0 saturated carbocycles. The van der Waals surface area contributed by atoms with E-state index >= 15 is 0 Å². The van der Waals surface area contributed by atoms with E-state index in [0.29, 0.717) is 17.2 Å². The van der Waals surface area contributed by atoms with Crippen molar-refractivity contribution in [2.24, 2.45) is 0 Å². The molecule has 0 saturated heterocycles. The van der Waals surface area contributed by atoms with Crippen molar-refractivity contribution < 1.29 is 23.8 Å². The largest absolute Gasteiger partial charge is 0.497 e. The number of anilines is 1. The molecule has 2 rings (SSSR count). The molecule has 1 N–H and O–H groups in total. The Morgan fingerprint density at radius 2 is 1.76 bits per heavy atom. The first-order valence-electron chi connectivity index (χ1n) is 7.71. The maximum Gasteiger partial charge on any atom is 0.342 e. The monoisotopic (exact) mass is 343 g/mol. The molecule has 0 aliphatic heterocycles. The van der Waals surface area contributed by atoms with Gasteiger partial charge in [-0.3, -0.25) is 4.79 Å². The van der Waals surface area contributed by atoms with Gasteiger partial charge in [0.05, 0.1) is 14.2 Å². The predicted octanol–water partition coefficient (Wildman–Crippen LogP) is 3.12. The van der Waals surface area contributed by atoms with Gasteiger partial charge in [0.15, 0.2) is 6.61 Å². The Balaban J connectivity index is 1.98. The van der Waals surface area contributed by atoms with E-state index in [9.17, 15) is 9.59 Å². The Hall–Kier alpha value is -3.02. The number of nitrogens with one attached hydrogen (secondary N) is 1. The van der Waals surface area contributed by atoms with Gasteiger partial charge in [0.25, 0.3) is 5.91 Å². The van der Waals surface area contributed by atoms with Gasteiger partial charge in [-0.25, -0.2) is 4.79 Å². The van der Waals surface area contributed by atoms with Crippen LogP contribution in [-0.2, 0) is 9.53 Å². The van der Waals surface area contributed by atoms with Crippen molar-refractivity contribution in [1.82, 2.24) is 0 Å². The van der Waals surface area contributed by atoms with Crippen LogP contribution in [0.25, 0.3) is 0 Å². The molecule has 6 heteroatoms. The molecule has 0 fully saturated rings. The normalized spacial score (nSPS) is 10.1. The van der Waals surface area contributed by atoms with Crippen molar-refractivity contribution in [3.05, 3.63) is 53.1 Å². The lowest BCUT2D eigenvalue weighted by Crippen LogP contribution is -2.21. The summed E-state index contributed by atoms with van der Waals surface area (Å²) in [7, 11) is 2.96. The van der Waals surface area contributed by atoms with E-state index in [1.807, 2.05) is 32.0 Å². The average molecular weight is 343 g/mol. The van der Waals surface area contributed by atoms with Gasteiger partial charge in [-0.15, -0.1) is 0 Å². The SMILES string of the molecule is COc1ccc(C(=O)OCC(=O)Nc2ccc(C)cc2C)c(OC)c1. The summed E-state index contributed by atoms with van der Waals surface area (Å²) < 4.78 is 15.3. The number of aryl methyl sites for hydroxylation is 2. The van der Waals surface area contributed by atoms with Gasteiger partial charge in [0.1, 0.15) is 17.1 Å². The summed E-state index contributed by atoms with van der Waals surface area (Å²) in [6.45, 7) is 3.49. The molecule has 0 aliphatic rings. The minimum Gasteiger partial charge on any atom is -0.497 e. The number of amides is 1. The van der Waals surface area contributed by atoms with Crippen LogP contribution in [0.2, 0.25) is 0 Å². The number of methoxy groups -OCH3 is 2. The van der Waals surface area contributed by atoms with Crippen LogP contribution in [0.5, 0.6) is 11.5 Å². The molecule has 0 heterocycles. The highest BCUT2D eigenvalue weighted by atomic mass is 16.5. The van der Waals surface area contributed by atoms with Gasteiger partial charge >= 0.3 is 5.97 Å². The molecule has 2 aromatic rings. The van der Waals surface area contributed by atoms with E-state index in [0.717, 1.165) is 11.1 Å². The highest BCUT2D eigenvalue weighted by Crippen LogP contribution is 2.25. The van der Waals surface area contributed by atoms with E-state index in [4.69, 9.17) is 14.2 Å². The van der Waals surface area contributed by atoms with Gasteiger partial charge < -0.3 is 19.5 Å². The Labute approximate surface area is 146 Å². The third-order valence-corrected chi connectivity index (χ3v) is 3.62. The molecule has 0 radical (unpaired) electrons. The van der Waals surface area contributed by atoms with Crippen LogP contribution in [0.1, 0.15) is 21.5 Å².